The number of ether oxygens (including phenoxy) is 1. The van der Waals surface area contributed by atoms with Crippen molar-refractivity contribution in [2.75, 3.05) is 0 Å². The number of carbonyl (C=O) groups is 1. The van der Waals surface area contributed by atoms with Gasteiger partial charge in [-0.15, -0.1) is 0 Å². The Hall–Kier alpha value is -5.16. The molecule has 218 valence electrons. The van der Waals surface area contributed by atoms with Gasteiger partial charge < -0.3 is 14.4 Å². The molecule has 0 saturated heterocycles. The van der Waals surface area contributed by atoms with Gasteiger partial charge >= 0.3 is 5.97 Å². The Morgan fingerprint density at radius 3 is 2.70 bits per heavy atom. The van der Waals surface area contributed by atoms with Gasteiger partial charge in [-0.05, 0) is 80.9 Å². The predicted molar refractivity (Wildman–Crippen MR) is 155 cm³/mol. The molecule has 0 fully saturated rings. The molecule has 0 spiro atoms. The second-order valence-corrected chi connectivity index (χ2v) is 11.4. The number of rotatable bonds is 9. The predicted octanol–water partition coefficient (Wildman–Crippen LogP) is 5.79. The summed E-state index contributed by atoms with van der Waals surface area (Å²) < 4.78 is 22.2. The second-order valence-electron chi connectivity index (χ2n) is 11.4. The zero-order valence-corrected chi connectivity index (χ0v) is 24.1. The third-order valence-corrected chi connectivity index (χ3v) is 7.59. The maximum Gasteiger partial charge on any atom is 0.337 e. The fourth-order valence-electron chi connectivity index (χ4n) is 5.14. The molecule has 1 aliphatic carbocycles. The van der Waals surface area contributed by atoms with Crippen LogP contribution in [0.2, 0.25) is 0 Å². The van der Waals surface area contributed by atoms with E-state index in [0.29, 0.717) is 41.9 Å². The summed E-state index contributed by atoms with van der Waals surface area (Å²) >= 11 is 0. The molecule has 3 heterocycles. The zero-order chi connectivity index (χ0) is 30.7. The molecule has 1 N–H and O–H groups in total. The highest BCUT2D eigenvalue weighted by molar-refractivity contribution is 5.90. The van der Waals surface area contributed by atoms with Crippen molar-refractivity contribution in [3.63, 3.8) is 0 Å². The molecule has 1 aromatic carbocycles. The van der Waals surface area contributed by atoms with Gasteiger partial charge in [-0.1, -0.05) is 12.1 Å². The van der Waals surface area contributed by atoms with Crippen molar-refractivity contribution in [2.24, 2.45) is 11.3 Å². The number of halogens is 1. The van der Waals surface area contributed by atoms with Gasteiger partial charge in [0.25, 0.3) is 5.88 Å². The minimum absolute atomic E-state index is 0.0585. The summed E-state index contributed by atoms with van der Waals surface area (Å²) in [7, 11) is 0. The molecule has 0 aliphatic heterocycles. The highest BCUT2D eigenvalue weighted by Gasteiger charge is 2.26. The summed E-state index contributed by atoms with van der Waals surface area (Å²) in [5.74, 6) is -0.448. The van der Waals surface area contributed by atoms with Crippen LogP contribution in [0.15, 0.2) is 42.7 Å². The van der Waals surface area contributed by atoms with E-state index >= 15 is 0 Å². The van der Waals surface area contributed by atoms with Crippen LogP contribution in [-0.4, -0.2) is 35.6 Å². The first-order valence-electron chi connectivity index (χ1n) is 13.9. The second kappa shape index (κ2) is 12.0. The van der Waals surface area contributed by atoms with Crippen LogP contribution in [0, 0.1) is 46.7 Å². The molecule has 0 bridgehead atoms. The molecule has 4 aromatic rings. The van der Waals surface area contributed by atoms with Crippen molar-refractivity contribution < 1.29 is 19.0 Å². The van der Waals surface area contributed by atoms with E-state index < -0.39 is 17.2 Å². The van der Waals surface area contributed by atoms with Crippen molar-refractivity contribution in [1.29, 1.82) is 10.5 Å². The monoisotopic (exact) mass is 579 g/mol. The number of nitriles is 2. The average Bonchev–Trinajstić information content (AvgIpc) is 3.32. The number of hydrogen-bond donors (Lipinski definition) is 1. The number of pyridine rings is 1. The number of nitrogens with zero attached hydrogens (tertiary/aromatic N) is 7. The Balaban J connectivity index is 1.32. The Bertz CT molecular complexity index is 1830. The molecule has 11 heteroatoms. The number of imidazole rings is 1. The van der Waals surface area contributed by atoms with Crippen molar-refractivity contribution in [1.82, 2.24) is 24.5 Å². The summed E-state index contributed by atoms with van der Waals surface area (Å²) in [5.41, 5.74) is 3.58. The molecular formula is C32H30FN7O3. The number of aromatic carboxylic acids is 1. The first-order valence-corrected chi connectivity index (χ1v) is 13.9. The Kier molecular flexibility index (Phi) is 8.18. The van der Waals surface area contributed by atoms with E-state index in [9.17, 15) is 19.6 Å². The first-order chi connectivity index (χ1) is 20.6. The largest absolute Gasteiger partial charge is 0.478 e. The van der Waals surface area contributed by atoms with E-state index in [-0.39, 0.29) is 24.0 Å². The summed E-state index contributed by atoms with van der Waals surface area (Å²) in [4.78, 5) is 29.2. The van der Waals surface area contributed by atoms with E-state index in [0.717, 1.165) is 41.6 Å². The summed E-state index contributed by atoms with van der Waals surface area (Å²) in [6.45, 7) is 6.04. The zero-order valence-electron chi connectivity index (χ0n) is 24.1. The van der Waals surface area contributed by atoms with Crippen LogP contribution in [0.1, 0.15) is 71.8 Å². The molecule has 1 aliphatic rings. The third kappa shape index (κ3) is 6.52. The van der Waals surface area contributed by atoms with Crippen LogP contribution in [-0.2, 0) is 19.6 Å². The van der Waals surface area contributed by atoms with E-state index in [1.165, 1.54) is 12.3 Å². The lowest BCUT2D eigenvalue weighted by atomic mass is 9.86. The number of benzene rings is 1. The summed E-state index contributed by atoms with van der Waals surface area (Å²) in [5, 5.41) is 28.1. The minimum Gasteiger partial charge on any atom is -0.478 e. The van der Waals surface area contributed by atoms with E-state index in [4.69, 9.17) is 15.0 Å². The number of allylic oxidation sites excluding steroid dienone is 2. The van der Waals surface area contributed by atoms with Crippen LogP contribution in [0.3, 0.4) is 0 Å². The van der Waals surface area contributed by atoms with Crippen molar-refractivity contribution in [2.45, 2.75) is 59.6 Å². The maximum absolute atomic E-state index is 14.5. The quantitative estimate of drug-likeness (QED) is 0.260. The molecule has 0 radical (unpaired) electrons. The molecule has 0 saturated carbocycles. The molecule has 1 unspecified atom stereocenters. The standard InChI is InChI=1S/C32H30FN7O3/c1-19-10-21(13-34)6-9-23(19)16-43-30-25(33)15-36-28(39-30)22-7-4-20(5-8-22)11-27-38-26-12-24(31(41)42)14-37-29(26)40(27)18-32(2,3)17-35/h6-7,9-10,12,14-15,20H,4-5,8,11,16,18H2,1-3H3,(H,41,42). The highest BCUT2D eigenvalue weighted by atomic mass is 19.1. The SMILES string of the molecule is Cc1cc(C#N)ccc1COc1nc(C2=CCC(Cc3nc4cc(C(=O)O)cnc4n3CC(C)(C)C#N)CC2)ncc1F. The Labute approximate surface area is 248 Å². The fraction of sp³-hybridized carbons (Fsp3) is 0.344. The van der Waals surface area contributed by atoms with E-state index in [1.807, 2.05) is 25.3 Å². The molecule has 1 atom stereocenters. The van der Waals surface area contributed by atoms with Gasteiger partial charge in [0.15, 0.2) is 11.5 Å². The number of fused-ring (bicyclic) bond motifs is 1. The van der Waals surface area contributed by atoms with Crippen molar-refractivity contribution >= 4 is 22.7 Å². The van der Waals surface area contributed by atoms with Gasteiger partial charge in [0, 0.05) is 19.2 Å². The summed E-state index contributed by atoms with van der Waals surface area (Å²) in [6, 6.07) is 11.2. The maximum atomic E-state index is 14.5. The lowest BCUT2D eigenvalue weighted by Crippen LogP contribution is -2.21. The number of carboxylic acid groups (broad SMARTS) is 1. The smallest absolute Gasteiger partial charge is 0.337 e. The van der Waals surface area contributed by atoms with Crippen LogP contribution in [0.25, 0.3) is 16.7 Å². The lowest BCUT2D eigenvalue weighted by molar-refractivity contribution is 0.0696. The van der Waals surface area contributed by atoms with Crippen LogP contribution in [0.4, 0.5) is 4.39 Å². The van der Waals surface area contributed by atoms with E-state index in [2.05, 4.69) is 33.2 Å². The number of aromatic nitrogens is 5. The molecule has 10 nitrogen and oxygen atoms in total. The first kappa shape index (κ1) is 29.3. The van der Waals surface area contributed by atoms with Crippen LogP contribution < -0.4 is 4.74 Å². The lowest BCUT2D eigenvalue weighted by Gasteiger charge is -2.23. The molecule has 0 amide bonds. The van der Waals surface area contributed by atoms with Crippen molar-refractivity contribution in [3.8, 4) is 18.0 Å². The Morgan fingerprint density at radius 2 is 2.02 bits per heavy atom. The van der Waals surface area contributed by atoms with Gasteiger partial charge in [0.2, 0.25) is 5.82 Å². The summed E-state index contributed by atoms with van der Waals surface area (Å²) in [6.07, 6.45) is 7.31. The van der Waals surface area contributed by atoms with Gasteiger partial charge in [0.1, 0.15) is 17.9 Å². The van der Waals surface area contributed by atoms with E-state index in [1.54, 1.807) is 18.2 Å². The molecule has 3 aromatic heterocycles. The Morgan fingerprint density at radius 1 is 1.21 bits per heavy atom. The van der Waals surface area contributed by atoms with Gasteiger partial charge in [-0.2, -0.15) is 19.9 Å². The average molecular weight is 580 g/mol. The molecule has 5 rings (SSSR count). The van der Waals surface area contributed by atoms with Gasteiger partial charge in [0.05, 0.1) is 34.9 Å². The molecule has 43 heavy (non-hydrogen) atoms. The third-order valence-electron chi connectivity index (χ3n) is 7.59. The fourth-order valence-corrected chi connectivity index (χ4v) is 5.14. The number of hydrogen-bond acceptors (Lipinski definition) is 8. The minimum atomic E-state index is -1.08. The van der Waals surface area contributed by atoms with Crippen molar-refractivity contribution in [3.05, 3.63) is 82.5 Å². The number of carboxylic acids is 1. The van der Waals surface area contributed by atoms with Crippen LogP contribution >= 0.6 is 0 Å². The van der Waals surface area contributed by atoms with Gasteiger partial charge in [-0.25, -0.2) is 19.7 Å². The normalized spacial score (nSPS) is 15.0. The molecular weight excluding hydrogens is 549 g/mol. The van der Waals surface area contributed by atoms with Crippen LogP contribution in [0.5, 0.6) is 5.88 Å². The number of aryl methyl sites for hydroxylation is 1. The topological polar surface area (TPSA) is 151 Å². The highest BCUT2D eigenvalue weighted by Crippen LogP contribution is 2.33. The van der Waals surface area contributed by atoms with Gasteiger partial charge in [-0.3, -0.25) is 0 Å².